The van der Waals surface area contributed by atoms with Crippen molar-refractivity contribution in [2.45, 2.75) is 32.6 Å². The second-order valence-corrected chi connectivity index (χ2v) is 7.86. The van der Waals surface area contributed by atoms with E-state index in [1.54, 1.807) is 4.57 Å². The molecular formula is C19H29N3OS. The van der Waals surface area contributed by atoms with Gasteiger partial charge >= 0.3 is 4.87 Å². The molecule has 2 heterocycles. The Morgan fingerprint density at radius 1 is 1.04 bits per heavy atom. The fraction of sp³-hybridized carbons (Fsp3) is 0.632. The zero-order valence-corrected chi connectivity index (χ0v) is 15.8. The molecule has 0 radical (unpaired) electrons. The smallest absolute Gasteiger partial charge is 0.302 e. The normalized spacial score (nSPS) is 16.9. The van der Waals surface area contributed by atoms with Gasteiger partial charge in [-0.1, -0.05) is 37.2 Å². The van der Waals surface area contributed by atoms with Gasteiger partial charge in [-0.15, -0.1) is 0 Å². The van der Waals surface area contributed by atoms with Crippen LogP contribution in [0.5, 0.6) is 0 Å². The van der Waals surface area contributed by atoms with Gasteiger partial charge in [0.15, 0.2) is 0 Å². The Kier molecular flexibility index (Phi) is 6.09. The zero-order chi connectivity index (χ0) is 16.9. The van der Waals surface area contributed by atoms with Gasteiger partial charge in [0, 0.05) is 39.8 Å². The van der Waals surface area contributed by atoms with Gasteiger partial charge in [0.25, 0.3) is 0 Å². The van der Waals surface area contributed by atoms with Crippen LogP contribution in [0.1, 0.15) is 31.7 Å². The lowest BCUT2D eigenvalue weighted by molar-refractivity contribution is 0.132. The number of aromatic nitrogens is 1. The van der Waals surface area contributed by atoms with Gasteiger partial charge < -0.3 is 14.4 Å². The predicted octanol–water partition coefficient (Wildman–Crippen LogP) is 2.95. The maximum atomic E-state index is 11.7. The molecule has 1 fully saturated rings. The molecule has 4 nitrogen and oxygen atoms in total. The summed E-state index contributed by atoms with van der Waals surface area (Å²) >= 11 is 1.35. The average Bonchev–Trinajstić information content (AvgIpc) is 2.88. The number of fused-ring (bicyclic) bond motifs is 1. The summed E-state index contributed by atoms with van der Waals surface area (Å²) in [4.78, 5) is 17.1. The molecule has 1 aliphatic rings. The van der Waals surface area contributed by atoms with E-state index >= 15 is 0 Å². The highest BCUT2D eigenvalue weighted by atomic mass is 32.1. The Balaban J connectivity index is 1.47. The molecule has 2 aromatic rings. The molecule has 24 heavy (non-hydrogen) atoms. The average molecular weight is 348 g/mol. The lowest BCUT2D eigenvalue weighted by Crippen LogP contribution is -2.47. The molecule has 1 aliphatic heterocycles. The molecule has 0 amide bonds. The number of unbranched alkanes of at least 4 members (excludes halogenated alkanes) is 2. The van der Waals surface area contributed by atoms with Crippen molar-refractivity contribution >= 4 is 21.6 Å². The third-order valence-electron chi connectivity index (χ3n) is 5.12. The summed E-state index contributed by atoms with van der Waals surface area (Å²) in [6.07, 6.45) is 5.08. The fourth-order valence-electron chi connectivity index (χ4n) is 3.44. The van der Waals surface area contributed by atoms with Crippen molar-refractivity contribution in [3.05, 3.63) is 33.4 Å². The Hall–Kier alpha value is -1.17. The molecular weight excluding hydrogens is 318 g/mol. The van der Waals surface area contributed by atoms with Gasteiger partial charge in [0.2, 0.25) is 0 Å². The topological polar surface area (TPSA) is 28.5 Å². The summed E-state index contributed by atoms with van der Waals surface area (Å²) in [6, 6.07) is 6.46. The molecule has 3 rings (SSSR count). The van der Waals surface area contributed by atoms with Crippen molar-refractivity contribution in [2.75, 3.05) is 39.3 Å². The highest BCUT2D eigenvalue weighted by molar-refractivity contribution is 7.16. The predicted molar refractivity (Wildman–Crippen MR) is 103 cm³/mol. The van der Waals surface area contributed by atoms with Crippen molar-refractivity contribution in [1.82, 2.24) is 14.4 Å². The molecule has 0 N–H and O–H groups in total. The van der Waals surface area contributed by atoms with Crippen molar-refractivity contribution in [3.63, 3.8) is 0 Å². The van der Waals surface area contributed by atoms with Crippen LogP contribution < -0.4 is 4.87 Å². The van der Waals surface area contributed by atoms with Gasteiger partial charge in [-0.2, -0.15) is 0 Å². The van der Waals surface area contributed by atoms with Crippen LogP contribution in [0.3, 0.4) is 0 Å². The molecule has 1 aromatic heterocycles. The first-order valence-electron chi connectivity index (χ1n) is 9.20. The zero-order valence-electron chi connectivity index (χ0n) is 15.0. The number of aryl methyl sites for hydroxylation is 1. The third kappa shape index (κ3) is 4.26. The first-order valence-corrected chi connectivity index (χ1v) is 10.0. The van der Waals surface area contributed by atoms with Gasteiger partial charge in [0.05, 0.1) is 10.2 Å². The Labute approximate surface area is 148 Å². The summed E-state index contributed by atoms with van der Waals surface area (Å²) in [5.74, 6) is 0. The Morgan fingerprint density at radius 2 is 1.75 bits per heavy atom. The number of hydrogen-bond acceptors (Lipinski definition) is 4. The monoisotopic (exact) mass is 347 g/mol. The number of rotatable bonds is 7. The molecule has 0 unspecified atom stereocenters. The molecule has 132 valence electrons. The molecule has 5 heteroatoms. The lowest BCUT2D eigenvalue weighted by atomic mass is 10.1. The van der Waals surface area contributed by atoms with Gasteiger partial charge in [-0.25, -0.2) is 0 Å². The van der Waals surface area contributed by atoms with Crippen LogP contribution >= 0.6 is 11.3 Å². The Morgan fingerprint density at radius 3 is 2.46 bits per heavy atom. The number of thiazole rings is 1. The largest absolute Gasteiger partial charge is 0.307 e. The van der Waals surface area contributed by atoms with Gasteiger partial charge in [0.1, 0.15) is 0 Å². The molecule has 0 spiro atoms. The van der Waals surface area contributed by atoms with Crippen molar-refractivity contribution < 1.29 is 0 Å². The van der Waals surface area contributed by atoms with Crippen molar-refractivity contribution in [3.8, 4) is 0 Å². The van der Waals surface area contributed by atoms with Crippen LogP contribution in [-0.4, -0.2) is 53.6 Å². The SMILES string of the molecule is CCCCCN1CCN(CCc2ccc3c(c2)sc(=O)n3C)CC1. The minimum atomic E-state index is 0.126. The Bertz CT molecular complexity index is 713. The molecule has 1 aromatic carbocycles. The first-order chi connectivity index (χ1) is 11.7. The standard InChI is InChI=1S/C19H29N3OS/c1-3-4-5-9-21-11-13-22(14-12-21)10-8-16-6-7-17-18(15-16)24-19(23)20(17)2/h6-7,15H,3-5,8-14H2,1-2H3. The molecule has 0 atom stereocenters. The van der Waals surface area contributed by atoms with Crippen molar-refractivity contribution in [1.29, 1.82) is 0 Å². The minimum Gasteiger partial charge on any atom is -0.302 e. The van der Waals surface area contributed by atoms with E-state index in [9.17, 15) is 4.79 Å². The van der Waals surface area contributed by atoms with Crippen LogP contribution in [0.15, 0.2) is 23.0 Å². The van der Waals surface area contributed by atoms with Crippen LogP contribution in [0, 0.1) is 0 Å². The maximum absolute atomic E-state index is 11.7. The van der Waals surface area contributed by atoms with E-state index in [0.29, 0.717) is 0 Å². The molecule has 1 saturated heterocycles. The third-order valence-corrected chi connectivity index (χ3v) is 6.11. The second-order valence-electron chi connectivity index (χ2n) is 6.87. The van der Waals surface area contributed by atoms with Crippen LogP contribution in [0.25, 0.3) is 10.2 Å². The molecule has 0 bridgehead atoms. The number of nitrogens with zero attached hydrogens (tertiary/aromatic N) is 3. The molecule has 0 saturated carbocycles. The van der Waals surface area contributed by atoms with E-state index in [2.05, 4.69) is 34.9 Å². The van der Waals surface area contributed by atoms with E-state index in [4.69, 9.17) is 0 Å². The second kappa shape index (κ2) is 8.28. The number of piperazine rings is 1. The highest BCUT2D eigenvalue weighted by Crippen LogP contribution is 2.19. The summed E-state index contributed by atoms with van der Waals surface area (Å²) in [7, 11) is 1.85. The summed E-state index contributed by atoms with van der Waals surface area (Å²) in [5.41, 5.74) is 2.39. The van der Waals surface area contributed by atoms with Crippen molar-refractivity contribution in [2.24, 2.45) is 7.05 Å². The van der Waals surface area contributed by atoms with Gasteiger partial charge in [-0.05, 0) is 37.1 Å². The highest BCUT2D eigenvalue weighted by Gasteiger charge is 2.16. The number of benzene rings is 1. The summed E-state index contributed by atoms with van der Waals surface area (Å²) in [5, 5.41) is 0. The van der Waals surface area contributed by atoms with E-state index in [1.165, 1.54) is 68.9 Å². The number of hydrogen-bond donors (Lipinski definition) is 0. The fourth-order valence-corrected chi connectivity index (χ4v) is 4.39. The summed E-state index contributed by atoms with van der Waals surface area (Å²) < 4.78 is 2.85. The quantitative estimate of drug-likeness (QED) is 0.721. The van der Waals surface area contributed by atoms with Crippen LogP contribution in [0.4, 0.5) is 0 Å². The van der Waals surface area contributed by atoms with E-state index < -0.39 is 0 Å². The lowest BCUT2D eigenvalue weighted by Gasteiger charge is -2.34. The van der Waals surface area contributed by atoms with E-state index in [0.717, 1.165) is 23.2 Å². The van der Waals surface area contributed by atoms with Crippen LogP contribution in [-0.2, 0) is 13.5 Å². The van der Waals surface area contributed by atoms with E-state index in [1.807, 2.05) is 7.05 Å². The van der Waals surface area contributed by atoms with Gasteiger partial charge in [-0.3, -0.25) is 4.79 Å². The van der Waals surface area contributed by atoms with Crippen LogP contribution in [0.2, 0.25) is 0 Å². The van der Waals surface area contributed by atoms with E-state index in [-0.39, 0.29) is 4.87 Å². The summed E-state index contributed by atoms with van der Waals surface area (Å²) in [6.45, 7) is 9.46. The minimum absolute atomic E-state index is 0.126. The molecule has 0 aliphatic carbocycles. The first kappa shape index (κ1) is 17.6. The maximum Gasteiger partial charge on any atom is 0.307 e.